The average molecular weight is 171 g/mol. The van der Waals surface area contributed by atoms with Crippen LogP contribution >= 0.6 is 0 Å². The predicted octanol–water partition coefficient (Wildman–Crippen LogP) is -0.321. The van der Waals surface area contributed by atoms with Crippen LogP contribution < -0.4 is 0 Å². The summed E-state index contributed by atoms with van der Waals surface area (Å²) in [5.74, 6) is -0.486. The van der Waals surface area contributed by atoms with E-state index >= 15 is 0 Å². The van der Waals surface area contributed by atoms with Gasteiger partial charge in [-0.25, -0.2) is 0 Å². The Bertz CT molecular complexity index is 246. The topological polar surface area (TPSA) is 79.1 Å². The van der Waals surface area contributed by atoms with Crippen LogP contribution in [0, 0.1) is 0 Å². The van der Waals surface area contributed by atoms with E-state index in [0.717, 1.165) is 0 Å². The molecule has 1 rings (SSSR count). The number of carbonyl (C=O) groups excluding carboxylic acids is 1. The number of aliphatic hydroxyl groups excluding tert-OH is 1. The number of esters is 1. The minimum absolute atomic E-state index is 0.0326. The Balaban J connectivity index is 2.67. The van der Waals surface area contributed by atoms with Gasteiger partial charge in [0.25, 0.3) is 0 Å². The first-order chi connectivity index (χ1) is 5.65. The molecule has 5 nitrogen and oxygen atoms in total. The number of hydrogen-bond donors (Lipinski definition) is 2. The van der Waals surface area contributed by atoms with Crippen molar-refractivity contribution in [1.29, 1.82) is 0 Å². The van der Waals surface area contributed by atoms with E-state index < -0.39 is 18.2 Å². The summed E-state index contributed by atoms with van der Waals surface area (Å²) in [7, 11) is 0. The molecule has 0 saturated heterocycles. The normalized spacial score (nSPS) is 31.0. The van der Waals surface area contributed by atoms with Gasteiger partial charge in [0.1, 0.15) is 11.8 Å². The summed E-state index contributed by atoms with van der Waals surface area (Å²) in [6.45, 7) is 1.24. The number of aliphatic hydroxyl groups is 1. The highest BCUT2D eigenvalue weighted by Gasteiger charge is 2.28. The molecule has 0 spiro atoms. The quantitative estimate of drug-likeness (QED) is 0.245. The van der Waals surface area contributed by atoms with Gasteiger partial charge in [0.05, 0.1) is 0 Å². The van der Waals surface area contributed by atoms with E-state index in [2.05, 4.69) is 5.16 Å². The highest BCUT2D eigenvalue weighted by molar-refractivity contribution is 5.98. The second kappa shape index (κ2) is 3.36. The van der Waals surface area contributed by atoms with Crippen molar-refractivity contribution in [2.24, 2.45) is 5.16 Å². The van der Waals surface area contributed by atoms with E-state index in [4.69, 9.17) is 15.1 Å². The lowest BCUT2D eigenvalue weighted by Crippen LogP contribution is -2.27. The first-order valence-corrected chi connectivity index (χ1v) is 3.40. The molecule has 0 radical (unpaired) electrons. The minimum atomic E-state index is -0.959. The SMILES string of the molecule is CC(=O)O[C@H]1C=C[C@H](O)/C1=N/O. The van der Waals surface area contributed by atoms with Crippen LogP contribution in [0.4, 0.5) is 0 Å². The third kappa shape index (κ3) is 1.62. The van der Waals surface area contributed by atoms with E-state index in [1.807, 2.05) is 0 Å². The summed E-state index contributed by atoms with van der Waals surface area (Å²) >= 11 is 0. The third-order valence-corrected chi connectivity index (χ3v) is 1.47. The number of ether oxygens (including phenoxy) is 1. The van der Waals surface area contributed by atoms with Crippen LogP contribution in [-0.4, -0.2) is 34.2 Å². The maximum absolute atomic E-state index is 10.5. The number of rotatable bonds is 1. The molecule has 5 heteroatoms. The summed E-state index contributed by atoms with van der Waals surface area (Å²) in [4.78, 5) is 10.5. The lowest BCUT2D eigenvalue weighted by Gasteiger charge is -2.10. The Morgan fingerprint density at radius 1 is 1.67 bits per heavy atom. The molecule has 0 aromatic heterocycles. The molecule has 2 atom stereocenters. The van der Waals surface area contributed by atoms with Gasteiger partial charge in [-0.2, -0.15) is 0 Å². The largest absolute Gasteiger partial charge is 0.452 e. The van der Waals surface area contributed by atoms with Gasteiger partial charge in [-0.15, -0.1) is 0 Å². The van der Waals surface area contributed by atoms with Crippen LogP contribution in [0.3, 0.4) is 0 Å². The van der Waals surface area contributed by atoms with Crippen LogP contribution in [-0.2, 0) is 9.53 Å². The molecule has 0 amide bonds. The molecule has 0 saturated carbocycles. The van der Waals surface area contributed by atoms with Crippen molar-refractivity contribution in [2.45, 2.75) is 19.1 Å². The molecular weight excluding hydrogens is 162 g/mol. The van der Waals surface area contributed by atoms with Gasteiger partial charge in [-0.05, 0) is 6.08 Å². The number of oxime groups is 1. The highest BCUT2D eigenvalue weighted by Crippen LogP contribution is 2.11. The van der Waals surface area contributed by atoms with Crippen molar-refractivity contribution < 1.29 is 19.8 Å². The molecular formula is C7H9NO4. The first kappa shape index (κ1) is 8.73. The standard InChI is InChI=1S/C7H9NO4/c1-4(9)12-6-3-2-5(10)7(6)8-11/h2-3,5-6,10-11H,1H3/b8-7-/t5-,6-/m0/s1. The van der Waals surface area contributed by atoms with Crippen LogP contribution in [0.1, 0.15) is 6.92 Å². The van der Waals surface area contributed by atoms with Gasteiger partial charge in [-0.1, -0.05) is 11.2 Å². The van der Waals surface area contributed by atoms with E-state index in [1.165, 1.54) is 19.1 Å². The molecule has 0 aromatic carbocycles. The molecule has 0 aromatic rings. The lowest BCUT2D eigenvalue weighted by atomic mass is 10.2. The van der Waals surface area contributed by atoms with Crippen molar-refractivity contribution in [1.82, 2.24) is 0 Å². The van der Waals surface area contributed by atoms with Gasteiger partial charge in [0.2, 0.25) is 0 Å². The van der Waals surface area contributed by atoms with Crippen LogP contribution in [0.25, 0.3) is 0 Å². The molecule has 0 heterocycles. The summed E-state index contributed by atoms with van der Waals surface area (Å²) in [6, 6.07) is 0. The van der Waals surface area contributed by atoms with Crippen molar-refractivity contribution in [3.8, 4) is 0 Å². The first-order valence-electron chi connectivity index (χ1n) is 3.40. The van der Waals surface area contributed by atoms with Crippen LogP contribution in [0.2, 0.25) is 0 Å². The molecule has 2 N–H and O–H groups in total. The van der Waals surface area contributed by atoms with Crippen LogP contribution in [0.5, 0.6) is 0 Å². The summed E-state index contributed by atoms with van der Waals surface area (Å²) in [5, 5.41) is 20.3. The van der Waals surface area contributed by atoms with E-state index in [0.29, 0.717) is 0 Å². The molecule has 1 aliphatic carbocycles. The number of nitrogens with zero attached hydrogens (tertiary/aromatic N) is 1. The smallest absolute Gasteiger partial charge is 0.303 e. The molecule has 1 aliphatic rings. The van der Waals surface area contributed by atoms with Crippen molar-refractivity contribution in [2.75, 3.05) is 0 Å². The summed E-state index contributed by atoms with van der Waals surface area (Å²) in [5.41, 5.74) is 0.0326. The van der Waals surface area contributed by atoms with E-state index in [-0.39, 0.29) is 5.71 Å². The Kier molecular flexibility index (Phi) is 2.44. The number of hydrogen-bond acceptors (Lipinski definition) is 5. The summed E-state index contributed by atoms with van der Waals surface area (Å²) < 4.78 is 4.71. The Labute approximate surface area is 68.9 Å². The highest BCUT2D eigenvalue weighted by atomic mass is 16.5. The monoisotopic (exact) mass is 171 g/mol. The van der Waals surface area contributed by atoms with Crippen LogP contribution in [0.15, 0.2) is 17.3 Å². The van der Waals surface area contributed by atoms with Gasteiger partial charge in [0.15, 0.2) is 6.10 Å². The van der Waals surface area contributed by atoms with Gasteiger partial charge < -0.3 is 15.1 Å². The van der Waals surface area contributed by atoms with Crippen molar-refractivity contribution in [3.05, 3.63) is 12.2 Å². The van der Waals surface area contributed by atoms with E-state index in [1.54, 1.807) is 0 Å². The second-order valence-corrected chi connectivity index (χ2v) is 2.38. The lowest BCUT2D eigenvalue weighted by molar-refractivity contribution is -0.141. The fourth-order valence-electron chi connectivity index (χ4n) is 0.966. The molecule has 12 heavy (non-hydrogen) atoms. The molecule has 0 unspecified atom stereocenters. The predicted molar refractivity (Wildman–Crippen MR) is 39.9 cm³/mol. The molecule has 0 aliphatic heterocycles. The van der Waals surface area contributed by atoms with Gasteiger partial charge in [0, 0.05) is 6.92 Å². The fourth-order valence-corrected chi connectivity index (χ4v) is 0.966. The fraction of sp³-hybridized carbons (Fsp3) is 0.429. The second-order valence-electron chi connectivity index (χ2n) is 2.38. The van der Waals surface area contributed by atoms with Crippen molar-refractivity contribution in [3.63, 3.8) is 0 Å². The summed E-state index contributed by atoms with van der Waals surface area (Å²) in [6.07, 6.45) is 1.16. The van der Waals surface area contributed by atoms with E-state index in [9.17, 15) is 4.79 Å². The average Bonchev–Trinajstić information content (AvgIpc) is 2.30. The zero-order chi connectivity index (χ0) is 9.14. The maximum Gasteiger partial charge on any atom is 0.303 e. The van der Waals surface area contributed by atoms with Gasteiger partial charge >= 0.3 is 5.97 Å². The molecule has 0 bridgehead atoms. The minimum Gasteiger partial charge on any atom is -0.452 e. The van der Waals surface area contributed by atoms with Crippen molar-refractivity contribution >= 4 is 11.7 Å². The maximum atomic E-state index is 10.5. The zero-order valence-corrected chi connectivity index (χ0v) is 6.47. The third-order valence-electron chi connectivity index (χ3n) is 1.47. The number of carbonyl (C=O) groups is 1. The molecule has 66 valence electrons. The van der Waals surface area contributed by atoms with Gasteiger partial charge in [-0.3, -0.25) is 4.79 Å². The Hall–Kier alpha value is -1.36. The Morgan fingerprint density at radius 3 is 2.83 bits per heavy atom. The Morgan fingerprint density at radius 2 is 2.33 bits per heavy atom. The molecule has 0 fully saturated rings. The zero-order valence-electron chi connectivity index (χ0n) is 6.47.